The third-order valence-electron chi connectivity index (χ3n) is 2.22. The summed E-state index contributed by atoms with van der Waals surface area (Å²) in [6, 6.07) is 0. The molecule has 2 N–H and O–H groups in total. The second-order valence-corrected chi connectivity index (χ2v) is 8.61. The van der Waals surface area contributed by atoms with Crippen LogP contribution in [0.25, 0.3) is 0 Å². The molecule has 0 aromatic carbocycles. The summed E-state index contributed by atoms with van der Waals surface area (Å²) in [4.78, 5) is 23.1. The number of rotatable bonds is 8. The van der Waals surface area contributed by atoms with Crippen molar-refractivity contribution in [1.82, 2.24) is 20.4 Å². The van der Waals surface area contributed by atoms with Crippen molar-refractivity contribution in [2.24, 2.45) is 0 Å². The van der Waals surface area contributed by atoms with E-state index in [0.29, 0.717) is 21.0 Å². The number of amides is 2. The van der Waals surface area contributed by atoms with E-state index in [1.54, 1.807) is 18.7 Å². The van der Waals surface area contributed by atoms with E-state index < -0.39 is 0 Å². The summed E-state index contributed by atoms with van der Waals surface area (Å²) in [6.45, 7) is 3.79. The standard InChI is InChI=1S/C11H14N6O2S4/c1-3-6(18)12-8-14-17-11(23-8)21-5-7(19)13-9-15-16-10(22-9)20-4-2/h3-5H2,1-2H3,(H,12,14,18)(H,13,15,19). The van der Waals surface area contributed by atoms with Gasteiger partial charge in [-0.3, -0.25) is 14.9 Å². The lowest BCUT2D eigenvalue weighted by atomic mass is 10.5. The summed E-state index contributed by atoms with van der Waals surface area (Å²) in [5, 5.41) is 21.9. The first kappa shape index (κ1) is 18.1. The van der Waals surface area contributed by atoms with Gasteiger partial charge in [-0.05, 0) is 5.75 Å². The van der Waals surface area contributed by atoms with Crippen molar-refractivity contribution in [3.63, 3.8) is 0 Å². The molecule has 0 aliphatic carbocycles. The molecule has 0 aliphatic rings. The van der Waals surface area contributed by atoms with E-state index in [1.165, 1.54) is 34.4 Å². The fraction of sp³-hybridized carbons (Fsp3) is 0.455. The SMILES string of the molecule is CCSc1nnc(NC(=O)CSc2nnc(NC(=O)CC)s2)s1. The van der Waals surface area contributed by atoms with E-state index in [1.807, 2.05) is 6.92 Å². The number of anilines is 2. The molecule has 0 saturated carbocycles. The molecule has 2 amide bonds. The number of carbonyl (C=O) groups is 2. The second kappa shape index (κ2) is 9.15. The van der Waals surface area contributed by atoms with Gasteiger partial charge in [-0.1, -0.05) is 60.0 Å². The van der Waals surface area contributed by atoms with Gasteiger partial charge in [-0.2, -0.15) is 0 Å². The Labute approximate surface area is 149 Å². The Balaban J connectivity index is 1.78. The van der Waals surface area contributed by atoms with Crippen LogP contribution in [0.5, 0.6) is 0 Å². The van der Waals surface area contributed by atoms with Crippen LogP contribution >= 0.6 is 46.2 Å². The molecule has 8 nitrogen and oxygen atoms in total. The molecule has 2 aromatic rings. The summed E-state index contributed by atoms with van der Waals surface area (Å²) in [5.41, 5.74) is 0. The lowest BCUT2D eigenvalue weighted by Crippen LogP contribution is -2.13. The van der Waals surface area contributed by atoms with Gasteiger partial charge in [0.05, 0.1) is 5.75 Å². The highest BCUT2D eigenvalue weighted by atomic mass is 32.2. The fourth-order valence-corrected chi connectivity index (χ4v) is 4.48. The van der Waals surface area contributed by atoms with Crippen LogP contribution in [0.3, 0.4) is 0 Å². The molecule has 124 valence electrons. The number of aromatic nitrogens is 4. The zero-order valence-corrected chi connectivity index (χ0v) is 15.6. The summed E-state index contributed by atoms with van der Waals surface area (Å²) in [7, 11) is 0. The largest absolute Gasteiger partial charge is 0.301 e. The van der Waals surface area contributed by atoms with Gasteiger partial charge in [-0.15, -0.1) is 20.4 Å². The van der Waals surface area contributed by atoms with Crippen molar-refractivity contribution in [2.75, 3.05) is 22.1 Å². The maximum Gasteiger partial charge on any atom is 0.236 e. The molecule has 2 aromatic heterocycles. The molecule has 23 heavy (non-hydrogen) atoms. The van der Waals surface area contributed by atoms with Gasteiger partial charge >= 0.3 is 0 Å². The van der Waals surface area contributed by atoms with Gasteiger partial charge in [0, 0.05) is 6.42 Å². The van der Waals surface area contributed by atoms with Crippen LogP contribution in [-0.4, -0.2) is 43.7 Å². The molecule has 2 rings (SSSR count). The van der Waals surface area contributed by atoms with Gasteiger partial charge < -0.3 is 5.32 Å². The van der Waals surface area contributed by atoms with E-state index in [0.717, 1.165) is 10.1 Å². The van der Waals surface area contributed by atoms with E-state index in [-0.39, 0.29) is 17.6 Å². The molecule has 0 fully saturated rings. The number of carbonyl (C=O) groups excluding carboxylic acids is 2. The Kier molecular flexibility index (Phi) is 7.20. The van der Waals surface area contributed by atoms with Crippen molar-refractivity contribution >= 4 is 68.3 Å². The molecule has 0 unspecified atom stereocenters. The summed E-state index contributed by atoms with van der Waals surface area (Å²) in [5.74, 6) is 0.791. The van der Waals surface area contributed by atoms with E-state index >= 15 is 0 Å². The maximum atomic E-state index is 11.9. The molecule has 0 spiro atoms. The first-order chi connectivity index (χ1) is 11.1. The van der Waals surface area contributed by atoms with Crippen molar-refractivity contribution in [3.8, 4) is 0 Å². The van der Waals surface area contributed by atoms with Crippen LogP contribution in [0.15, 0.2) is 8.68 Å². The highest BCUT2D eigenvalue weighted by Gasteiger charge is 2.12. The highest BCUT2D eigenvalue weighted by Crippen LogP contribution is 2.27. The van der Waals surface area contributed by atoms with Crippen LogP contribution in [0.1, 0.15) is 20.3 Å². The Bertz CT molecular complexity index is 673. The van der Waals surface area contributed by atoms with E-state index in [4.69, 9.17) is 0 Å². The maximum absolute atomic E-state index is 11.9. The van der Waals surface area contributed by atoms with E-state index in [9.17, 15) is 9.59 Å². The van der Waals surface area contributed by atoms with Crippen LogP contribution in [0.2, 0.25) is 0 Å². The third-order valence-corrected chi connectivity index (χ3v) is 6.05. The Hall–Kier alpha value is -1.24. The molecule has 2 heterocycles. The van der Waals surface area contributed by atoms with Crippen LogP contribution in [0, 0.1) is 0 Å². The van der Waals surface area contributed by atoms with Gasteiger partial charge in [0.2, 0.25) is 22.1 Å². The van der Waals surface area contributed by atoms with Crippen LogP contribution in [0.4, 0.5) is 10.3 Å². The van der Waals surface area contributed by atoms with Crippen molar-refractivity contribution in [2.45, 2.75) is 28.9 Å². The van der Waals surface area contributed by atoms with Gasteiger partial charge in [0.1, 0.15) is 0 Å². The first-order valence-corrected chi connectivity index (χ1v) is 10.2. The molecule has 0 radical (unpaired) electrons. The molecular formula is C11H14N6O2S4. The predicted octanol–water partition coefficient (Wildman–Crippen LogP) is 2.58. The number of hydrogen-bond acceptors (Lipinski definition) is 10. The smallest absolute Gasteiger partial charge is 0.236 e. The summed E-state index contributed by atoms with van der Waals surface area (Å²) in [6.07, 6.45) is 0.380. The molecule has 0 bridgehead atoms. The minimum Gasteiger partial charge on any atom is -0.301 e. The molecule has 0 aliphatic heterocycles. The second-order valence-electron chi connectivity index (χ2n) is 3.92. The average molecular weight is 391 g/mol. The minimum atomic E-state index is -0.187. The fourth-order valence-electron chi connectivity index (χ4n) is 1.25. The zero-order valence-electron chi connectivity index (χ0n) is 12.4. The van der Waals surface area contributed by atoms with Gasteiger partial charge in [-0.25, -0.2) is 0 Å². The quantitative estimate of drug-likeness (QED) is 0.523. The Morgan fingerprint density at radius 2 is 1.48 bits per heavy atom. The van der Waals surface area contributed by atoms with Crippen LogP contribution < -0.4 is 10.6 Å². The number of nitrogens with one attached hydrogen (secondary N) is 2. The zero-order chi connectivity index (χ0) is 16.7. The van der Waals surface area contributed by atoms with Crippen molar-refractivity contribution in [3.05, 3.63) is 0 Å². The Morgan fingerprint density at radius 3 is 2.04 bits per heavy atom. The van der Waals surface area contributed by atoms with Crippen molar-refractivity contribution < 1.29 is 9.59 Å². The number of nitrogens with zero attached hydrogens (tertiary/aromatic N) is 4. The first-order valence-electron chi connectivity index (χ1n) is 6.63. The predicted molar refractivity (Wildman–Crippen MR) is 94.5 cm³/mol. The third kappa shape index (κ3) is 6.05. The molecule has 12 heteroatoms. The monoisotopic (exact) mass is 390 g/mol. The topological polar surface area (TPSA) is 110 Å². The van der Waals surface area contributed by atoms with Crippen molar-refractivity contribution in [1.29, 1.82) is 0 Å². The minimum absolute atomic E-state index is 0.118. The van der Waals surface area contributed by atoms with E-state index in [2.05, 4.69) is 31.0 Å². The molecule has 0 atom stereocenters. The summed E-state index contributed by atoms with van der Waals surface area (Å²) >= 11 is 5.42. The van der Waals surface area contributed by atoms with Gasteiger partial charge in [0.15, 0.2) is 8.68 Å². The number of hydrogen-bond donors (Lipinski definition) is 2. The lowest BCUT2D eigenvalue weighted by molar-refractivity contribution is -0.116. The van der Waals surface area contributed by atoms with Gasteiger partial charge in [0.25, 0.3) is 0 Å². The lowest BCUT2D eigenvalue weighted by Gasteiger charge is -1.98. The average Bonchev–Trinajstić information content (AvgIpc) is 3.15. The number of thioether (sulfide) groups is 2. The molecular weight excluding hydrogens is 376 g/mol. The summed E-state index contributed by atoms with van der Waals surface area (Å²) < 4.78 is 1.45. The molecule has 0 saturated heterocycles. The Morgan fingerprint density at radius 1 is 0.913 bits per heavy atom. The highest BCUT2D eigenvalue weighted by molar-refractivity contribution is 8.01. The normalized spacial score (nSPS) is 10.5. The van der Waals surface area contributed by atoms with Crippen LogP contribution in [-0.2, 0) is 9.59 Å².